The highest BCUT2D eigenvalue weighted by molar-refractivity contribution is 7.10. The summed E-state index contributed by atoms with van der Waals surface area (Å²) in [6.45, 7) is 5.37. The molecule has 4 heterocycles. The number of hydrogen-bond acceptors (Lipinski definition) is 6. The number of aromatic nitrogens is 4. The molecule has 1 N–H and O–H groups in total. The number of nitrogens with one attached hydrogen (secondary N) is 1. The zero-order valence-corrected chi connectivity index (χ0v) is 17.7. The number of hydrogen-bond donors (Lipinski definition) is 1. The molecule has 0 atom stereocenters. The molecule has 3 aromatic rings. The van der Waals surface area contributed by atoms with Crippen LogP contribution in [0, 0.1) is 0 Å². The van der Waals surface area contributed by atoms with Gasteiger partial charge in [-0.3, -0.25) is 19.4 Å². The molecule has 7 nitrogen and oxygen atoms in total. The third kappa shape index (κ3) is 4.54. The van der Waals surface area contributed by atoms with Crippen molar-refractivity contribution in [1.82, 2.24) is 30.0 Å². The van der Waals surface area contributed by atoms with Crippen LogP contribution >= 0.6 is 11.3 Å². The molecule has 0 radical (unpaired) electrons. The summed E-state index contributed by atoms with van der Waals surface area (Å²) in [5.74, 6) is 0.879. The number of amides is 1. The van der Waals surface area contributed by atoms with Crippen LogP contribution in [0.15, 0.2) is 30.0 Å². The summed E-state index contributed by atoms with van der Waals surface area (Å²) in [5.41, 5.74) is 4.40. The second kappa shape index (κ2) is 8.84. The Labute approximate surface area is 174 Å². The maximum atomic E-state index is 12.7. The lowest BCUT2D eigenvalue weighted by Crippen LogP contribution is -2.32. The van der Waals surface area contributed by atoms with E-state index >= 15 is 0 Å². The fourth-order valence-electron chi connectivity index (χ4n) is 3.62. The van der Waals surface area contributed by atoms with E-state index in [0.29, 0.717) is 13.0 Å². The van der Waals surface area contributed by atoms with E-state index in [1.54, 1.807) is 16.0 Å². The highest BCUT2D eigenvalue weighted by atomic mass is 32.1. The molecule has 4 rings (SSSR count). The van der Waals surface area contributed by atoms with Crippen LogP contribution in [-0.2, 0) is 39.4 Å². The Kier molecular flexibility index (Phi) is 6.01. The first-order valence-corrected chi connectivity index (χ1v) is 10.9. The van der Waals surface area contributed by atoms with E-state index in [-0.39, 0.29) is 5.91 Å². The van der Waals surface area contributed by atoms with Gasteiger partial charge in [0.15, 0.2) is 0 Å². The van der Waals surface area contributed by atoms with Crippen molar-refractivity contribution < 1.29 is 4.79 Å². The summed E-state index contributed by atoms with van der Waals surface area (Å²) in [4.78, 5) is 25.1. The predicted molar refractivity (Wildman–Crippen MR) is 113 cm³/mol. The van der Waals surface area contributed by atoms with Gasteiger partial charge in [0, 0.05) is 56.1 Å². The molecule has 152 valence electrons. The topological polar surface area (TPSA) is 75.9 Å². The molecule has 0 aromatic carbocycles. The average Bonchev–Trinajstić information content (AvgIpc) is 3.34. The molecule has 1 aliphatic rings. The monoisotopic (exact) mass is 410 g/mol. The van der Waals surface area contributed by atoms with Crippen molar-refractivity contribution in [3.63, 3.8) is 0 Å². The van der Waals surface area contributed by atoms with Crippen LogP contribution in [0.25, 0.3) is 0 Å². The molecule has 0 unspecified atom stereocenters. The molecule has 29 heavy (non-hydrogen) atoms. The molecule has 0 aliphatic carbocycles. The fraction of sp³-hybridized carbons (Fsp3) is 0.429. The van der Waals surface area contributed by atoms with Crippen molar-refractivity contribution in [1.29, 1.82) is 0 Å². The van der Waals surface area contributed by atoms with Crippen LogP contribution in [0.1, 0.15) is 44.8 Å². The summed E-state index contributed by atoms with van der Waals surface area (Å²) in [6.07, 6.45) is 6.09. The van der Waals surface area contributed by atoms with Crippen molar-refractivity contribution in [3.05, 3.63) is 63.1 Å². The first-order valence-electron chi connectivity index (χ1n) is 10.0. The zero-order valence-electron chi connectivity index (χ0n) is 16.9. The number of carbonyl (C=O) groups is 1. The van der Waals surface area contributed by atoms with E-state index in [1.165, 1.54) is 22.3 Å². The van der Waals surface area contributed by atoms with Gasteiger partial charge in [-0.1, -0.05) is 13.0 Å². The van der Waals surface area contributed by atoms with Gasteiger partial charge >= 0.3 is 0 Å². The van der Waals surface area contributed by atoms with Gasteiger partial charge < -0.3 is 5.32 Å². The third-order valence-corrected chi connectivity index (χ3v) is 6.40. The minimum absolute atomic E-state index is 0.00920. The van der Waals surface area contributed by atoms with Gasteiger partial charge in [0.1, 0.15) is 12.2 Å². The molecule has 8 heteroatoms. The molecule has 1 amide bonds. The molecule has 0 spiro atoms. The predicted octanol–water partition coefficient (Wildman–Crippen LogP) is 2.36. The van der Waals surface area contributed by atoms with Crippen molar-refractivity contribution in [2.24, 2.45) is 7.05 Å². The second-order valence-electron chi connectivity index (χ2n) is 7.33. The van der Waals surface area contributed by atoms with E-state index in [9.17, 15) is 4.79 Å². The molecule has 3 aromatic heterocycles. The van der Waals surface area contributed by atoms with Crippen LogP contribution in [-0.4, -0.2) is 43.6 Å². The second-order valence-corrected chi connectivity index (χ2v) is 8.29. The van der Waals surface area contributed by atoms with E-state index in [0.717, 1.165) is 49.6 Å². The van der Waals surface area contributed by atoms with Gasteiger partial charge in [-0.05, 0) is 30.0 Å². The molecular formula is C21H26N6OS. The summed E-state index contributed by atoms with van der Waals surface area (Å²) in [5, 5.41) is 9.08. The number of rotatable bonds is 7. The quantitative estimate of drug-likeness (QED) is 0.647. The molecular weight excluding hydrogens is 384 g/mol. The number of nitrogens with zero attached hydrogens (tertiary/aromatic N) is 5. The van der Waals surface area contributed by atoms with Crippen LogP contribution < -0.4 is 5.32 Å². The van der Waals surface area contributed by atoms with Crippen molar-refractivity contribution in [3.8, 4) is 0 Å². The number of thiophene rings is 1. The Bertz CT molecular complexity index is 977. The summed E-state index contributed by atoms with van der Waals surface area (Å²) >= 11 is 1.69. The highest BCUT2D eigenvalue weighted by Crippen LogP contribution is 2.29. The van der Waals surface area contributed by atoms with Crippen LogP contribution in [0.4, 0.5) is 0 Å². The normalized spacial score (nSPS) is 14.0. The molecule has 1 aliphatic heterocycles. The Morgan fingerprint density at radius 2 is 2.21 bits per heavy atom. The largest absolute Gasteiger partial charge is 0.352 e. The SMILES string of the molecule is CCc1ccc(CN2CCc3c(C(=O)NCCc4ncnn4C)csc3C2)nc1. The molecule has 0 bridgehead atoms. The molecule has 0 fully saturated rings. The van der Waals surface area contributed by atoms with Gasteiger partial charge in [-0.2, -0.15) is 5.10 Å². The number of fused-ring (bicyclic) bond motifs is 1. The van der Waals surface area contributed by atoms with Gasteiger partial charge in [0.05, 0.1) is 11.3 Å². The number of aryl methyl sites for hydroxylation is 2. The van der Waals surface area contributed by atoms with E-state index < -0.39 is 0 Å². The summed E-state index contributed by atoms with van der Waals surface area (Å²) in [7, 11) is 1.86. The van der Waals surface area contributed by atoms with Gasteiger partial charge in [-0.25, -0.2) is 4.98 Å². The van der Waals surface area contributed by atoms with Gasteiger partial charge in [-0.15, -0.1) is 11.3 Å². The number of pyridine rings is 1. The van der Waals surface area contributed by atoms with Gasteiger partial charge in [0.2, 0.25) is 0 Å². The van der Waals surface area contributed by atoms with E-state index in [4.69, 9.17) is 0 Å². The fourth-order valence-corrected chi connectivity index (χ4v) is 4.74. The zero-order chi connectivity index (χ0) is 20.2. The van der Waals surface area contributed by atoms with Crippen LogP contribution in [0.3, 0.4) is 0 Å². The van der Waals surface area contributed by atoms with E-state index in [2.05, 4.69) is 44.3 Å². The van der Waals surface area contributed by atoms with Crippen molar-refractivity contribution in [2.45, 2.75) is 39.3 Å². The first kappa shape index (κ1) is 19.7. The Morgan fingerprint density at radius 3 is 2.93 bits per heavy atom. The number of carbonyl (C=O) groups excluding carboxylic acids is 1. The summed E-state index contributed by atoms with van der Waals surface area (Å²) in [6, 6.07) is 4.28. The standard InChI is InChI=1S/C21H26N6OS/c1-3-15-4-5-16(23-10-15)11-27-9-7-17-18(13-29-19(17)12-27)21(28)22-8-6-20-24-14-25-26(20)2/h4-5,10,13-14H,3,6-9,11-12H2,1-2H3,(H,22,28). The minimum atomic E-state index is 0.00920. The van der Waals surface area contributed by atoms with Gasteiger partial charge in [0.25, 0.3) is 5.91 Å². The van der Waals surface area contributed by atoms with Crippen molar-refractivity contribution >= 4 is 17.2 Å². The lowest BCUT2D eigenvalue weighted by molar-refractivity contribution is 0.0952. The maximum Gasteiger partial charge on any atom is 0.252 e. The third-order valence-electron chi connectivity index (χ3n) is 5.39. The Morgan fingerprint density at radius 1 is 1.31 bits per heavy atom. The van der Waals surface area contributed by atoms with Crippen molar-refractivity contribution in [2.75, 3.05) is 13.1 Å². The average molecular weight is 411 g/mol. The van der Waals surface area contributed by atoms with Crippen LogP contribution in [0.5, 0.6) is 0 Å². The minimum Gasteiger partial charge on any atom is -0.352 e. The van der Waals surface area contributed by atoms with E-state index in [1.807, 2.05) is 18.6 Å². The van der Waals surface area contributed by atoms with Crippen LogP contribution in [0.2, 0.25) is 0 Å². The summed E-state index contributed by atoms with van der Waals surface area (Å²) < 4.78 is 1.73. The highest BCUT2D eigenvalue weighted by Gasteiger charge is 2.24. The first-order chi connectivity index (χ1) is 14.1. The smallest absolute Gasteiger partial charge is 0.252 e. The molecule has 0 saturated heterocycles. The maximum absolute atomic E-state index is 12.7. The Balaban J connectivity index is 1.33. The lowest BCUT2D eigenvalue weighted by Gasteiger charge is -2.27. The lowest BCUT2D eigenvalue weighted by atomic mass is 10.0. The molecule has 0 saturated carbocycles. The Hall–Kier alpha value is -2.58.